The first kappa shape index (κ1) is 14.2. The van der Waals surface area contributed by atoms with Gasteiger partial charge < -0.3 is 14.8 Å². The van der Waals surface area contributed by atoms with Crippen molar-refractivity contribution in [3.63, 3.8) is 0 Å². The van der Waals surface area contributed by atoms with Crippen molar-refractivity contribution in [3.05, 3.63) is 53.3 Å². The predicted octanol–water partition coefficient (Wildman–Crippen LogP) is 3.76. The molecule has 0 radical (unpaired) electrons. The first-order valence-corrected chi connectivity index (χ1v) is 6.35. The number of anilines is 1. The summed E-state index contributed by atoms with van der Waals surface area (Å²) in [4.78, 5) is 0. The molecule has 106 valence electrons. The van der Waals surface area contributed by atoms with Crippen LogP contribution in [0.15, 0.2) is 36.4 Å². The summed E-state index contributed by atoms with van der Waals surface area (Å²) < 4.78 is 24.1. The van der Waals surface area contributed by atoms with E-state index in [0.29, 0.717) is 18.0 Å². The molecule has 3 nitrogen and oxygen atoms in total. The third-order valence-corrected chi connectivity index (χ3v) is 3.08. The molecular formula is C16H18FNO2. The minimum atomic E-state index is -0.308. The molecule has 0 heterocycles. The number of hydrogen-bond donors (Lipinski definition) is 1. The lowest BCUT2D eigenvalue weighted by Gasteiger charge is -2.12. The van der Waals surface area contributed by atoms with Gasteiger partial charge in [0.05, 0.1) is 19.9 Å². The lowest BCUT2D eigenvalue weighted by Crippen LogP contribution is -2.04. The van der Waals surface area contributed by atoms with E-state index in [4.69, 9.17) is 9.47 Å². The summed E-state index contributed by atoms with van der Waals surface area (Å²) in [5.41, 5.74) is 2.52. The number of methoxy groups -OCH3 is 2. The van der Waals surface area contributed by atoms with Gasteiger partial charge in [0.15, 0.2) is 0 Å². The third kappa shape index (κ3) is 3.20. The molecule has 0 bridgehead atoms. The molecule has 2 aromatic carbocycles. The summed E-state index contributed by atoms with van der Waals surface area (Å²) in [6.45, 7) is 2.49. The fourth-order valence-electron chi connectivity index (χ4n) is 2.00. The zero-order valence-corrected chi connectivity index (χ0v) is 11.9. The highest BCUT2D eigenvalue weighted by molar-refractivity contribution is 5.51. The van der Waals surface area contributed by atoms with Crippen LogP contribution in [0.25, 0.3) is 0 Å². The fraction of sp³-hybridized carbons (Fsp3) is 0.250. The van der Waals surface area contributed by atoms with Gasteiger partial charge in [0.25, 0.3) is 0 Å². The van der Waals surface area contributed by atoms with Gasteiger partial charge in [-0.3, -0.25) is 0 Å². The van der Waals surface area contributed by atoms with Crippen molar-refractivity contribution in [3.8, 4) is 11.5 Å². The maximum absolute atomic E-state index is 13.7. The monoisotopic (exact) mass is 275 g/mol. The fourth-order valence-corrected chi connectivity index (χ4v) is 2.00. The van der Waals surface area contributed by atoms with Crippen molar-refractivity contribution in [2.24, 2.45) is 0 Å². The van der Waals surface area contributed by atoms with Crippen molar-refractivity contribution in [2.45, 2.75) is 13.5 Å². The highest BCUT2D eigenvalue weighted by Gasteiger charge is 2.07. The number of halogens is 1. The number of ether oxygens (including phenoxy) is 2. The van der Waals surface area contributed by atoms with E-state index in [1.165, 1.54) is 6.07 Å². The van der Waals surface area contributed by atoms with Crippen molar-refractivity contribution in [1.29, 1.82) is 0 Å². The van der Waals surface area contributed by atoms with Crippen LogP contribution in [0.3, 0.4) is 0 Å². The van der Waals surface area contributed by atoms with E-state index < -0.39 is 0 Å². The summed E-state index contributed by atoms with van der Waals surface area (Å²) in [6, 6.07) is 10.5. The van der Waals surface area contributed by atoms with Crippen LogP contribution in [0.4, 0.5) is 10.1 Å². The van der Waals surface area contributed by atoms with E-state index in [0.717, 1.165) is 16.9 Å². The third-order valence-electron chi connectivity index (χ3n) is 3.08. The molecular weight excluding hydrogens is 257 g/mol. The molecule has 20 heavy (non-hydrogen) atoms. The highest BCUT2D eigenvalue weighted by Crippen LogP contribution is 2.24. The zero-order chi connectivity index (χ0) is 14.5. The molecule has 0 atom stereocenters. The van der Waals surface area contributed by atoms with E-state index in [9.17, 15) is 4.39 Å². The van der Waals surface area contributed by atoms with Gasteiger partial charge >= 0.3 is 0 Å². The molecule has 0 aliphatic heterocycles. The maximum atomic E-state index is 13.7. The molecule has 2 rings (SSSR count). The van der Waals surface area contributed by atoms with Gasteiger partial charge in [-0.1, -0.05) is 17.7 Å². The normalized spacial score (nSPS) is 10.2. The second-order valence-corrected chi connectivity index (χ2v) is 4.51. The summed E-state index contributed by atoms with van der Waals surface area (Å²) in [5.74, 6) is 1.09. The molecule has 0 spiro atoms. The van der Waals surface area contributed by atoms with E-state index in [-0.39, 0.29) is 5.82 Å². The number of aryl methyl sites for hydroxylation is 1. The minimum absolute atomic E-state index is 0.308. The van der Waals surface area contributed by atoms with E-state index in [1.54, 1.807) is 26.4 Å². The van der Waals surface area contributed by atoms with Crippen LogP contribution in [-0.2, 0) is 6.54 Å². The largest absolute Gasteiger partial charge is 0.497 e. The van der Waals surface area contributed by atoms with Crippen LogP contribution in [0.5, 0.6) is 11.5 Å². The van der Waals surface area contributed by atoms with E-state index in [2.05, 4.69) is 5.32 Å². The molecule has 2 aromatic rings. The lowest BCUT2D eigenvalue weighted by molar-refractivity contribution is 0.410. The number of hydrogen-bond acceptors (Lipinski definition) is 3. The topological polar surface area (TPSA) is 30.5 Å². The second kappa shape index (κ2) is 6.28. The Morgan fingerprint density at radius 1 is 1.05 bits per heavy atom. The number of rotatable bonds is 5. The Morgan fingerprint density at radius 3 is 2.55 bits per heavy atom. The average molecular weight is 275 g/mol. The Morgan fingerprint density at radius 2 is 1.85 bits per heavy atom. The predicted molar refractivity (Wildman–Crippen MR) is 78.0 cm³/mol. The van der Waals surface area contributed by atoms with Crippen LogP contribution < -0.4 is 14.8 Å². The van der Waals surface area contributed by atoms with Gasteiger partial charge in [0, 0.05) is 18.2 Å². The van der Waals surface area contributed by atoms with Gasteiger partial charge in [0.2, 0.25) is 0 Å². The molecule has 0 amide bonds. The van der Waals surface area contributed by atoms with Crippen LogP contribution in [0.2, 0.25) is 0 Å². The first-order valence-electron chi connectivity index (χ1n) is 6.35. The summed E-state index contributed by atoms with van der Waals surface area (Å²) in [5, 5.41) is 3.07. The molecule has 4 heteroatoms. The van der Waals surface area contributed by atoms with Gasteiger partial charge in [-0.25, -0.2) is 4.39 Å². The van der Waals surface area contributed by atoms with Crippen LogP contribution in [0.1, 0.15) is 11.1 Å². The quantitative estimate of drug-likeness (QED) is 0.901. The van der Waals surface area contributed by atoms with Gasteiger partial charge in [-0.05, 0) is 25.1 Å². The standard InChI is InChI=1S/C16H18FNO2/c1-11-4-7-16(20-3)12(8-11)10-18-15-9-13(19-2)5-6-14(15)17/h4-9,18H,10H2,1-3H3. The lowest BCUT2D eigenvalue weighted by atomic mass is 10.1. The molecule has 0 aliphatic rings. The Kier molecular flexibility index (Phi) is 4.45. The smallest absolute Gasteiger partial charge is 0.146 e. The van der Waals surface area contributed by atoms with Crippen molar-refractivity contribution in [1.82, 2.24) is 0 Å². The zero-order valence-electron chi connectivity index (χ0n) is 11.9. The van der Waals surface area contributed by atoms with Crippen LogP contribution in [0, 0.1) is 12.7 Å². The summed E-state index contributed by atoms with van der Waals surface area (Å²) in [7, 11) is 3.18. The average Bonchev–Trinajstić information content (AvgIpc) is 2.46. The molecule has 0 unspecified atom stereocenters. The summed E-state index contributed by atoms with van der Waals surface area (Å²) >= 11 is 0. The minimum Gasteiger partial charge on any atom is -0.497 e. The van der Waals surface area contributed by atoms with E-state index >= 15 is 0 Å². The Bertz CT molecular complexity index is 599. The number of nitrogens with one attached hydrogen (secondary N) is 1. The molecule has 1 N–H and O–H groups in total. The number of benzene rings is 2. The Hall–Kier alpha value is -2.23. The van der Waals surface area contributed by atoms with Crippen molar-refractivity contribution >= 4 is 5.69 Å². The SMILES string of the molecule is COc1ccc(F)c(NCc2cc(C)ccc2OC)c1. The van der Waals surface area contributed by atoms with Gasteiger partial charge in [0.1, 0.15) is 17.3 Å². The molecule has 0 aliphatic carbocycles. The van der Waals surface area contributed by atoms with Crippen molar-refractivity contribution < 1.29 is 13.9 Å². The van der Waals surface area contributed by atoms with E-state index in [1.807, 2.05) is 25.1 Å². The van der Waals surface area contributed by atoms with Crippen molar-refractivity contribution in [2.75, 3.05) is 19.5 Å². The van der Waals surface area contributed by atoms with Gasteiger partial charge in [-0.15, -0.1) is 0 Å². The Labute approximate surface area is 118 Å². The van der Waals surface area contributed by atoms with Crippen LogP contribution in [-0.4, -0.2) is 14.2 Å². The molecule has 0 fully saturated rings. The first-order chi connectivity index (χ1) is 9.63. The molecule has 0 saturated heterocycles. The Balaban J connectivity index is 2.18. The summed E-state index contributed by atoms with van der Waals surface area (Å²) in [6.07, 6.45) is 0. The molecule has 0 saturated carbocycles. The second-order valence-electron chi connectivity index (χ2n) is 4.51. The maximum Gasteiger partial charge on any atom is 0.146 e. The van der Waals surface area contributed by atoms with Crippen LogP contribution >= 0.6 is 0 Å². The molecule has 0 aromatic heterocycles. The highest BCUT2D eigenvalue weighted by atomic mass is 19.1. The van der Waals surface area contributed by atoms with Gasteiger partial charge in [-0.2, -0.15) is 0 Å².